The minimum atomic E-state index is -0.527. The smallest absolute Gasteiger partial charge is 0.151 e. The van der Waals surface area contributed by atoms with Crippen molar-refractivity contribution >= 4 is 11.6 Å². The molecule has 0 radical (unpaired) electrons. The molecular weight excluding hydrogens is 326 g/mol. The predicted molar refractivity (Wildman–Crippen MR) is 93.8 cm³/mol. The van der Waals surface area contributed by atoms with Crippen molar-refractivity contribution in [3.05, 3.63) is 34.1 Å². The first-order valence-corrected chi connectivity index (χ1v) is 9.15. The number of fused-ring (bicyclic) bond motifs is 1. The van der Waals surface area contributed by atoms with Gasteiger partial charge < -0.3 is 10.1 Å². The predicted octanol–water partition coefficient (Wildman–Crippen LogP) is 3.06. The molecule has 2 aromatic rings. The van der Waals surface area contributed by atoms with Crippen molar-refractivity contribution in [1.29, 1.82) is 0 Å². The molecule has 3 rings (SSSR count). The number of aryl methyl sites for hydroxylation is 2. The van der Waals surface area contributed by atoms with Crippen molar-refractivity contribution in [1.82, 2.24) is 24.6 Å². The molecule has 0 aromatic carbocycles. The molecule has 3 heterocycles. The third-order valence-electron chi connectivity index (χ3n) is 4.47. The summed E-state index contributed by atoms with van der Waals surface area (Å²) in [4.78, 5) is 10.2. The van der Waals surface area contributed by atoms with Crippen LogP contribution in [-0.2, 0) is 26.1 Å². The minimum absolute atomic E-state index is 0.527. The van der Waals surface area contributed by atoms with E-state index in [1.54, 1.807) is 6.92 Å². The van der Waals surface area contributed by atoms with Gasteiger partial charge in [-0.3, -0.25) is 9.58 Å². The van der Waals surface area contributed by atoms with E-state index in [-0.39, 0.29) is 0 Å². The molecule has 0 aliphatic carbocycles. The van der Waals surface area contributed by atoms with Crippen LogP contribution in [0.25, 0.3) is 0 Å². The Kier molecular flexibility index (Phi) is 5.58. The number of aliphatic hydroxyl groups excluding tert-OH is 1. The van der Waals surface area contributed by atoms with Gasteiger partial charge in [-0.2, -0.15) is 5.10 Å². The molecule has 0 saturated carbocycles. The second-order valence-electron chi connectivity index (χ2n) is 6.58. The van der Waals surface area contributed by atoms with Crippen LogP contribution in [0.5, 0.6) is 0 Å². The van der Waals surface area contributed by atoms with Crippen molar-refractivity contribution in [2.45, 2.75) is 65.3 Å². The monoisotopic (exact) mass is 351 g/mol. The lowest BCUT2D eigenvalue weighted by Gasteiger charge is -2.18. The maximum Gasteiger partial charge on any atom is 0.151 e. The fraction of sp³-hybridized carbons (Fsp3) is 0.647. The zero-order valence-electron chi connectivity index (χ0n) is 14.4. The van der Waals surface area contributed by atoms with Crippen LogP contribution in [0.15, 0.2) is 6.07 Å². The van der Waals surface area contributed by atoms with Gasteiger partial charge in [0.1, 0.15) is 5.82 Å². The molecule has 132 valence electrons. The van der Waals surface area contributed by atoms with Crippen LogP contribution in [0.2, 0.25) is 5.15 Å². The van der Waals surface area contributed by atoms with Gasteiger partial charge in [-0.25, -0.2) is 4.98 Å². The highest BCUT2D eigenvalue weighted by Gasteiger charge is 2.20. The number of unbranched alkanes of at least 4 members (excludes halogenated alkanes) is 1. The second kappa shape index (κ2) is 7.68. The van der Waals surface area contributed by atoms with Gasteiger partial charge in [0.25, 0.3) is 0 Å². The second-order valence-corrected chi connectivity index (χ2v) is 6.94. The lowest BCUT2D eigenvalue weighted by atomic mass is 10.2. The van der Waals surface area contributed by atoms with Gasteiger partial charge in [0.05, 0.1) is 23.2 Å². The largest absolute Gasteiger partial charge is 0.387 e. The molecule has 0 saturated heterocycles. The normalized spacial score (nSPS) is 16.8. The number of halogens is 1. The Labute approximate surface area is 147 Å². The topological polar surface area (TPSA) is 70.0 Å². The number of aliphatic hydroxyl groups is 1. The summed E-state index contributed by atoms with van der Waals surface area (Å²) in [7, 11) is 0. The fourth-order valence-corrected chi connectivity index (χ4v) is 3.33. The number of hydrogen-bond acceptors (Lipinski definition) is 4. The van der Waals surface area contributed by atoms with Gasteiger partial charge in [0.15, 0.2) is 5.15 Å². The van der Waals surface area contributed by atoms with Crippen molar-refractivity contribution < 1.29 is 5.11 Å². The minimum Gasteiger partial charge on any atom is -0.387 e. The molecule has 2 N–H and O–H groups in total. The summed E-state index contributed by atoms with van der Waals surface area (Å²) in [5, 5.41) is 14.8. The number of H-pyrrole nitrogens is 1. The highest BCUT2D eigenvalue weighted by atomic mass is 35.5. The molecule has 0 spiro atoms. The van der Waals surface area contributed by atoms with Gasteiger partial charge in [0.2, 0.25) is 0 Å². The summed E-state index contributed by atoms with van der Waals surface area (Å²) < 4.78 is 2.02. The SMILES string of the molecule is CCCCc1nc(Cl)c(CN2CCCn3nc([C@H](C)O)cc3C2)[nH]1. The van der Waals surface area contributed by atoms with Gasteiger partial charge in [-0.1, -0.05) is 24.9 Å². The van der Waals surface area contributed by atoms with Crippen molar-refractivity contribution in [2.24, 2.45) is 0 Å². The summed E-state index contributed by atoms with van der Waals surface area (Å²) in [6.45, 7) is 7.37. The number of hydrogen-bond donors (Lipinski definition) is 2. The third kappa shape index (κ3) is 3.99. The van der Waals surface area contributed by atoms with Crippen LogP contribution in [0.1, 0.15) is 62.1 Å². The van der Waals surface area contributed by atoms with E-state index in [1.807, 2.05) is 10.7 Å². The summed E-state index contributed by atoms with van der Waals surface area (Å²) in [5.74, 6) is 0.980. The Morgan fingerprint density at radius 3 is 3.00 bits per heavy atom. The molecule has 1 atom stereocenters. The number of rotatable bonds is 6. The molecule has 0 fully saturated rings. The zero-order valence-corrected chi connectivity index (χ0v) is 15.2. The van der Waals surface area contributed by atoms with E-state index in [2.05, 4.69) is 26.9 Å². The van der Waals surface area contributed by atoms with Crippen molar-refractivity contribution in [3.8, 4) is 0 Å². The molecule has 2 aromatic heterocycles. The molecule has 7 heteroatoms. The number of aromatic amines is 1. The Hall–Kier alpha value is -1.37. The highest BCUT2D eigenvalue weighted by molar-refractivity contribution is 6.30. The Morgan fingerprint density at radius 1 is 1.42 bits per heavy atom. The van der Waals surface area contributed by atoms with E-state index in [1.165, 1.54) is 0 Å². The van der Waals surface area contributed by atoms with Crippen LogP contribution in [-0.4, -0.2) is 36.3 Å². The van der Waals surface area contributed by atoms with Crippen LogP contribution in [0.3, 0.4) is 0 Å². The first kappa shape index (κ1) is 17.5. The number of imidazole rings is 1. The first-order valence-electron chi connectivity index (χ1n) is 8.77. The number of aromatic nitrogens is 4. The van der Waals surface area contributed by atoms with Crippen molar-refractivity contribution in [3.63, 3.8) is 0 Å². The molecular formula is C17H26ClN5O. The highest BCUT2D eigenvalue weighted by Crippen LogP contribution is 2.21. The summed E-state index contributed by atoms with van der Waals surface area (Å²) >= 11 is 6.31. The Balaban J connectivity index is 1.70. The summed E-state index contributed by atoms with van der Waals surface area (Å²) in [5.41, 5.74) is 2.88. The molecule has 0 unspecified atom stereocenters. The van der Waals surface area contributed by atoms with E-state index in [9.17, 15) is 5.11 Å². The molecule has 24 heavy (non-hydrogen) atoms. The number of nitrogens with one attached hydrogen (secondary N) is 1. The standard InChI is InChI=1S/C17H26ClN5O/c1-3-4-6-16-19-15(17(18)20-16)11-22-7-5-8-23-13(10-22)9-14(21-23)12(2)24/h9,12,24H,3-8,10-11H2,1-2H3,(H,19,20)/t12-/m0/s1. The maximum atomic E-state index is 9.73. The van der Waals surface area contributed by atoms with E-state index in [4.69, 9.17) is 11.6 Å². The first-order chi connectivity index (χ1) is 11.6. The lowest BCUT2D eigenvalue weighted by Crippen LogP contribution is -2.23. The Morgan fingerprint density at radius 2 is 2.25 bits per heavy atom. The lowest BCUT2D eigenvalue weighted by molar-refractivity contribution is 0.193. The average Bonchev–Trinajstić information content (AvgIpc) is 3.04. The van der Waals surface area contributed by atoms with Gasteiger partial charge in [0, 0.05) is 32.6 Å². The van der Waals surface area contributed by atoms with Crippen molar-refractivity contribution in [2.75, 3.05) is 6.54 Å². The van der Waals surface area contributed by atoms with E-state index in [0.717, 1.165) is 74.8 Å². The molecule has 0 amide bonds. The van der Waals surface area contributed by atoms with E-state index >= 15 is 0 Å². The number of nitrogens with zero attached hydrogens (tertiary/aromatic N) is 4. The molecule has 1 aliphatic heterocycles. The third-order valence-corrected chi connectivity index (χ3v) is 4.78. The van der Waals surface area contributed by atoms with Gasteiger partial charge in [-0.15, -0.1) is 0 Å². The zero-order chi connectivity index (χ0) is 17.1. The van der Waals surface area contributed by atoms with E-state index in [0.29, 0.717) is 5.15 Å². The molecule has 0 bridgehead atoms. The Bertz CT molecular complexity index is 679. The van der Waals surface area contributed by atoms with Crippen LogP contribution < -0.4 is 0 Å². The molecule has 1 aliphatic rings. The fourth-order valence-electron chi connectivity index (χ4n) is 3.12. The summed E-state index contributed by atoms with van der Waals surface area (Å²) in [6.07, 6.45) is 3.72. The van der Waals surface area contributed by atoms with E-state index < -0.39 is 6.10 Å². The van der Waals surface area contributed by atoms with Crippen LogP contribution >= 0.6 is 11.6 Å². The summed E-state index contributed by atoms with van der Waals surface area (Å²) in [6, 6.07) is 2.00. The quantitative estimate of drug-likeness (QED) is 0.839. The average molecular weight is 352 g/mol. The van der Waals surface area contributed by atoms with Crippen LogP contribution in [0.4, 0.5) is 0 Å². The van der Waals surface area contributed by atoms with Gasteiger partial charge in [-0.05, 0) is 25.8 Å². The maximum absolute atomic E-state index is 9.73. The van der Waals surface area contributed by atoms with Gasteiger partial charge >= 0.3 is 0 Å². The molecule has 6 nitrogen and oxygen atoms in total. The van der Waals surface area contributed by atoms with Crippen LogP contribution in [0, 0.1) is 0 Å².